The molecular weight excluding hydrogens is 478 g/mol. The molecule has 0 saturated heterocycles. The summed E-state index contributed by atoms with van der Waals surface area (Å²) < 4.78 is 0. The highest BCUT2D eigenvalue weighted by molar-refractivity contribution is 5.95. The number of benzene rings is 1. The topological polar surface area (TPSA) is 241 Å². The molecule has 0 aliphatic rings. The van der Waals surface area contributed by atoms with Gasteiger partial charge in [-0.25, -0.2) is 4.79 Å². The van der Waals surface area contributed by atoms with Gasteiger partial charge in [0.05, 0.1) is 13.0 Å². The maximum absolute atomic E-state index is 13.0. The Bertz CT molecular complexity index is 1150. The number of carboxylic acids is 3. The van der Waals surface area contributed by atoms with Crippen LogP contribution in [-0.4, -0.2) is 80.6 Å². The molecule has 0 fully saturated rings. The van der Waals surface area contributed by atoms with Crippen molar-refractivity contribution < 1.29 is 44.1 Å². The van der Waals surface area contributed by atoms with E-state index < -0.39 is 73.1 Å². The third-order valence-corrected chi connectivity index (χ3v) is 5.21. The van der Waals surface area contributed by atoms with E-state index in [-0.39, 0.29) is 12.8 Å². The van der Waals surface area contributed by atoms with Crippen molar-refractivity contribution in [1.29, 1.82) is 0 Å². The van der Waals surface area contributed by atoms with Crippen molar-refractivity contribution in [3.8, 4) is 0 Å². The van der Waals surface area contributed by atoms with Gasteiger partial charge in [0.15, 0.2) is 0 Å². The number of aromatic nitrogens is 1. The highest BCUT2D eigenvalue weighted by atomic mass is 16.4. The average Bonchev–Trinajstić information content (AvgIpc) is 3.22. The van der Waals surface area contributed by atoms with Crippen LogP contribution < -0.4 is 21.7 Å². The van der Waals surface area contributed by atoms with Crippen molar-refractivity contribution in [3.63, 3.8) is 0 Å². The zero-order valence-corrected chi connectivity index (χ0v) is 19.0. The molecule has 0 saturated carbocycles. The summed E-state index contributed by atoms with van der Waals surface area (Å²) >= 11 is 0. The second-order valence-corrected chi connectivity index (χ2v) is 7.88. The molecule has 14 heteroatoms. The Morgan fingerprint density at radius 1 is 0.861 bits per heavy atom. The Hall–Kier alpha value is -4.46. The zero-order chi connectivity index (χ0) is 26.8. The van der Waals surface area contributed by atoms with Gasteiger partial charge in [-0.3, -0.25) is 24.0 Å². The fourth-order valence-corrected chi connectivity index (χ4v) is 3.44. The third-order valence-electron chi connectivity index (χ3n) is 5.21. The number of amides is 3. The number of carbonyl (C=O) groups excluding carboxylic acids is 3. The minimum atomic E-state index is -1.77. The standard InChI is InChI=1S/C22H27N5O9/c23-9-17(28)25-14(5-6-18(29)30)20(33)26-15(21(34)27-16(22(35)36)8-19(31)32)7-11-10-24-13-4-2-1-3-12(11)13/h1-4,10,14-16,24H,5-9,23H2,(H,25,28)(H,26,33)(H,27,34)(H,29,30)(H,31,32)(H,35,36). The van der Waals surface area contributed by atoms with E-state index in [9.17, 15) is 33.9 Å². The summed E-state index contributed by atoms with van der Waals surface area (Å²) in [5.41, 5.74) is 6.59. The zero-order valence-electron chi connectivity index (χ0n) is 19.0. The Morgan fingerprint density at radius 3 is 2.11 bits per heavy atom. The van der Waals surface area contributed by atoms with Crippen LogP contribution in [0, 0.1) is 0 Å². The lowest BCUT2D eigenvalue weighted by Gasteiger charge is -2.24. The van der Waals surface area contributed by atoms with Crippen molar-refractivity contribution in [2.24, 2.45) is 5.73 Å². The number of carboxylic acid groups (broad SMARTS) is 3. The first-order valence-corrected chi connectivity index (χ1v) is 10.8. The number of hydrogen-bond donors (Lipinski definition) is 8. The van der Waals surface area contributed by atoms with Gasteiger partial charge >= 0.3 is 17.9 Å². The molecule has 9 N–H and O–H groups in total. The Morgan fingerprint density at radius 2 is 1.50 bits per heavy atom. The highest BCUT2D eigenvalue weighted by Gasteiger charge is 2.31. The largest absolute Gasteiger partial charge is 0.481 e. The normalized spacial score (nSPS) is 13.2. The molecule has 3 unspecified atom stereocenters. The Balaban J connectivity index is 2.32. The fraction of sp³-hybridized carbons (Fsp3) is 0.364. The Kier molecular flexibility index (Phi) is 9.92. The first-order chi connectivity index (χ1) is 17.0. The van der Waals surface area contributed by atoms with Crippen LogP contribution in [0.1, 0.15) is 24.8 Å². The van der Waals surface area contributed by atoms with Crippen molar-refractivity contribution in [3.05, 3.63) is 36.0 Å². The van der Waals surface area contributed by atoms with Crippen LogP contribution in [0.4, 0.5) is 0 Å². The first-order valence-electron chi connectivity index (χ1n) is 10.8. The lowest BCUT2D eigenvalue weighted by molar-refractivity contribution is -0.147. The summed E-state index contributed by atoms with van der Waals surface area (Å²) in [4.78, 5) is 74.1. The number of H-pyrrole nitrogens is 1. The first kappa shape index (κ1) is 27.8. The molecular formula is C22H27N5O9. The van der Waals surface area contributed by atoms with E-state index in [2.05, 4.69) is 20.9 Å². The number of hydrogen-bond acceptors (Lipinski definition) is 7. The molecule has 1 heterocycles. The van der Waals surface area contributed by atoms with E-state index in [1.165, 1.54) is 0 Å². The molecule has 0 aliphatic carbocycles. The van der Waals surface area contributed by atoms with Gasteiger partial charge in [0.2, 0.25) is 17.7 Å². The van der Waals surface area contributed by atoms with Crippen molar-refractivity contribution in [1.82, 2.24) is 20.9 Å². The van der Waals surface area contributed by atoms with Gasteiger partial charge in [-0.15, -0.1) is 0 Å². The van der Waals surface area contributed by atoms with Gasteiger partial charge in [0, 0.05) is 29.9 Å². The number of aromatic amines is 1. The quantitative estimate of drug-likeness (QED) is 0.148. The minimum Gasteiger partial charge on any atom is -0.481 e. The summed E-state index contributed by atoms with van der Waals surface area (Å²) in [6.07, 6.45) is -0.200. The van der Waals surface area contributed by atoms with E-state index in [0.29, 0.717) is 5.56 Å². The smallest absolute Gasteiger partial charge is 0.326 e. The second-order valence-electron chi connectivity index (χ2n) is 7.88. The number of nitrogens with two attached hydrogens (primary N) is 1. The van der Waals surface area contributed by atoms with Gasteiger partial charge in [-0.2, -0.15) is 0 Å². The number of carbonyl (C=O) groups is 6. The molecule has 36 heavy (non-hydrogen) atoms. The monoisotopic (exact) mass is 505 g/mol. The SMILES string of the molecule is NCC(=O)NC(CCC(=O)O)C(=O)NC(Cc1c[nH]c2ccccc12)C(=O)NC(CC(=O)O)C(=O)O. The lowest BCUT2D eigenvalue weighted by atomic mass is 10.0. The summed E-state index contributed by atoms with van der Waals surface area (Å²) in [5.74, 6) is -6.88. The van der Waals surface area contributed by atoms with Crippen molar-refractivity contribution in [2.45, 2.75) is 43.8 Å². The van der Waals surface area contributed by atoms with Gasteiger partial charge in [0.25, 0.3) is 0 Å². The summed E-state index contributed by atoms with van der Waals surface area (Å²) in [6.45, 7) is -0.467. The molecule has 1 aromatic heterocycles. The number of rotatable bonds is 14. The van der Waals surface area contributed by atoms with E-state index >= 15 is 0 Å². The maximum Gasteiger partial charge on any atom is 0.326 e. The summed E-state index contributed by atoms with van der Waals surface area (Å²) in [5, 5.41) is 34.7. The molecule has 2 rings (SSSR count). The van der Waals surface area contributed by atoms with E-state index in [0.717, 1.165) is 10.9 Å². The third kappa shape index (κ3) is 8.09. The number of fused-ring (bicyclic) bond motifs is 1. The molecule has 0 radical (unpaired) electrons. The summed E-state index contributed by atoms with van der Waals surface area (Å²) in [6, 6.07) is 2.58. The number of aliphatic carboxylic acids is 3. The summed E-state index contributed by atoms with van der Waals surface area (Å²) in [7, 11) is 0. The molecule has 2 aromatic rings. The maximum atomic E-state index is 13.0. The van der Waals surface area contributed by atoms with Crippen molar-refractivity contribution >= 4 is 46.5 Å². The van der Waals surface area contributed by atoms with Gasteiger partial charge in [-0.05, 0) is 18.1 Å². The minimum absolute atomic E-state index is 0.127. The number of para-hydroxylation sites is 1. The van der Waals surface area contributed by atoms with E-state index in [1.54, 1.807) is 30.5 Å². The van der Waals surface area contributed by atoms with Crippen LogP contribution in [-0.2, 0) is 35.2 Å². The van der Waals surface area contributed by atoms with E-state index in [4.69, 9.17) is 15.9 Å². The van der Waals surface area contributed by atoms with Crippen LogP contribution in [0.5, 0.6) is 0 Å². The van der Waals surface area contributed by atoms with Crippen LogP contribution in [0.2, 0.25) is 0 Å². The molecule has 1 aromatic carbocycles. The second kappa shape index (κ2) is 12.9. The molecule has 0 bridgehead atoms. The van der Waals surface area contributed by atoms with Gasteiger partial charge < -0.3 is 42.0 Å². The van der Waals surface area contributed by atoms with Crippen LogP contribution in [0.15, 0.2) is 30.5 Å². The van der Waals surface area contributed by atoms with Crippen LogP contribution >= 0.6 is 0 Å². The molecule has 0 aliphatic heterocycles. The van der Waals surface area contributed by atoms with Gasteiger partial charge in [-0.1, -0.05) is 18.2 Å². The average molecular weight is 505 g/mol. The fourth-order valence-electron chi connectivity index (χ4n) is 3.44. The predicted molar refractivity (Wildman–Crippen MR) is 124 cm³/mol. The molecule has 194 valence electrons. The van der Waals surface area contributed by atoms with Crippen LogP contribution in [0.3, 0.4) is 0 Å². The molecule has 0 spiro atoms. The number of nitrogens with one attached hydrogen (secondary N) is 4. The van der Waals surface area contributed by atoms with E-state index in [1.807, 2.05) is 0 Å². The van der Waals surface area contributed by atoms with Gasteiger partial charge in [0.1, 0.15) is 18.1 Å². The Labute approximate surface area is 204 Å². The highest BCUT2D eigenvalue weighted by Crippen LogP contribution is 2.19. The predicted octanol–water partition coefficient (Wildman–Crippen LogP) is -1.45. The lowest BCUT2D eigenvalue weighted by Crippen LogP contribution is -2.57. The van der Waals surface area contributed by atoms with Crippen LogP contribution in [0.25, 0.3) is 10.9 Å². The van der Waals surface area contributed by atoms with Crippen molar-refractivity contribution in [2.75, 3.05) is 6.54 Å². The molecule has 14 nitrogen and oxygen atoms in total. The molecule has 3 atom stereocenters. The molecule has 3 amide bonds.